The number of benzene rings is 2. The number of nitrogens with zero attached hydrogens (tertiary/aromatic N) is 2. The van der Waals surface area contributed by atoms with Crippen LogP contribution in [0, 0.1) is 10.1 Å². The lowest BCUT2D eigenvalue weighted by Gasteiger charge is -2.08. The highest BCUT2D eigenvalue weighted by atomic mass is 35.5. The molecule has 2 heterocycles. The third kappa shape index (κ3) is 3.53. The minimum atomic E-state index is -4.04. The van der Waals surface area contributed by atoms with Crippen molar-refractivity contribution in [2.24, 2.45) is 0 Å². The van der Waals surface area contributed by atoms with E-state index in [0.29, 0.717) is 29.2 Å². The standard InChI is InChI=1S/C17H15ClN4O5S/c18-12-5-4-11(9-15(12)22(23)24)28(25,26)21-10-3-6-13-14(8-10)20-17(19-13)16-2-1-7-27-16/h3-6,8-9,16,21H,1-2,7H2,(H,19,20). The van der Waals surface area contributed by atoms with Crippen LogP contribution in [0.25, 0.3) is 11.0 Å². The number of imidazole rings is 1. The summed E-state index contributed by atoms with van der Waals surface area (Å²) in [7, 11) is -4.04. The van der Waals surface area contributed by atoms with E-state index in [9.17, 15) is 18.5 Å². The predicted octanol–water partition coefficient (Wildman–Crippen LogP) is 3.78. The maximum Gasteiger partial charge on any atom is 0.289 e. The van der Waals surface area contributed by atoms with E-state index in [2.05, 4.69) is 14.7 Å². The molecule has 1 fully saturated rings. The number of nitro groups is 1. The molecule has 4 rings (SSSR count). The molecule has 2 N–H and O–H groups in total. The average Bonchev–Trinajstić information content (AvgIpc) is 3.30. The monoisotopic (exact) mass is 422 g/mol. The Morgan fingerprint density at radius 2 is 2.11 bits per heavy atom. The number of hydrogen-bond acceptors (Lipinski definition) is 6. The lowest BCUT2D eigenvalue weighted by molar-refractivity contribution is -0.384. The van der Waals surface area contributed by atoms with Crippen molar-refractivity contribution in [3.8, 4) is 0 Å². The van der Waals surface area contributed by atoms with Gasteiger partial charge in [0, 0.05) is 12.7 Å². The number of anilines is 1. The van der Waals surface area contributed by atoms with Crippen molar-refractivity contribution < 1.29 is 18.1 Å². The second-order valence-corrected chi connectivity index (χ2v) is 8.42. The van der Waals surface area contributed by atoms with Crippen LogP contribution < -0.4 is 4.72 Å². The van der Waals surface area contributed by atoms with Crippen molar-refractivity contribution in [3.05, 3.63) is 57.4 Å². The van der Waals surface area contributed by atoms with E-state index in [4.69, 9.17) is 16.3 Å². The molecule has 0 radical (unpaired) electrons. The largest absolute Gasteiger partial charge is 0.370 e. The number of fused-ring (bicyclic) bond motifs is 1. The Kier molecular flexibility index (Phi) is 4.69. The summed E-state index contributed by atoms with van der Waals surface area (Å²) >= 11 is 5.74. The summed E-state index contributed by atoms with van der Waals surface area (Å²) in [5.41, 5.74) is 1.17. The molecule has 0 aliphatic carbocycles. The number of nitrogens with one attached hydrogen (secondary N) is 2. The van der Waals surface area contributed by atoms with Crippen LogP contribution >= 0.6 is 11.6 Å². The Morgan fingerprint density at radius 1 is 1.29 bits per heavy atom. The van der Waals surface area contributed by atoms with Gasteiger partial charge in [0.05, 0.1) is 26.5 Å². The number of aromatic nitrogens is 2. The Bertz CT molecular complexity index is 1170. The second-order valence-electron chi connectivity index (χ2n) is 6.33. The van der Waals surface area contributed by atoms with Gasteiger partial charge in [0.1, 0.15) is 17.0 Å². The summed E-state index contributed by atoms with van der Waals surface area (Å²) in [6.07, 6.45) is 1.77. The quantitative estimate of drug-likeness (QED) is 0.475. The molecule has 1 saturated heterocycles. The molecule has 1 atom stereocenters. The molecule has 0 saturated carbocycles. The topological polar surface area (TPSA) is 127 Å². The number of ether oxygens (including phenoxy) is 1. The van der Waals surface area contributed by atoms with E-state index in [1.165, 1.54) is 12.1 Å². The highest BCUT2D eigenvalue weighted by molar-refractivity contribution is 7.92. The summed E-state index contributed by atoms with van der Waals surface area (Å²) in [6.45, 7) is 0.694. The van der Waals surface area contributed by atoms with Crippen LogP contribution in [0.15, 0.2) is 41.3 Å². The summed E-state index contributed by atoms with van der Waals surface area (Å²) < 4.78 is 33.3. The molecule has 2 aromatic carbocycles. The highest BCUT2D eigenvalue weighted by Crippen LogP contribution is 2.30. The molecule has 1 aromatic heterocycles. The molecule has 1 aliphatic rings. The van der Waals surface area contributed by atoms with Crippen LogP contribution in [-0.4, -0.2) is 29.9 Å². The van der Waals surface area contributed by atoms with Crippen LogP contribution in [0.3, 0.4) is 0 Å². The highest BCUT2D eigenvalue weighted by Gasteiger charge is 2.23. The number of hydrogen-bond donors (Lipinski definition) is 2. The minimum Gasteiger partial charge on any atom is -0.370 e. The van der Waals surface area contributed by atoms with Crippen LogP contribution in [0.1, 0.15) is 24.8 Å². The zero-order chi connectivity index (χ0) is 19.9. The third-order valence-electron chi connectivity index (χ3n) is 4.41. The van der Waals surface area contributed by atoms with Crippen molar-refractivity contribution in [1.29, 1.82) is 0 Å². The molecule has 11 heteroatoms. The molecular weight excluding hydrogens is 408 g/mol. The first-order valence-corrected chi connectivity index (χ1v) is 10.3. The van der Waals surface area contributed by atoms with Gasteiger partial charge in [-0.2, -0.15) is 0 Å². The van der Waals surface area contributed by atoms with Gasteiger partial charge in [-0.3, -0.25) is 14.8 Å². The summed E-state index contributed by atoms with van der Waals surface area (Å²) in [5, 5.41) is 10.9. The SMILES string of the molecule is O=[N+]([O-])c1cc(S(=O)(=O)Nc2ccc3nc(C4CCCO4)[nH]c3c2)ccc1Cl. The first-order chi connectivity index (χ1) is 13.3. The first-order valence-electron chi connectivity index (χ1n) is 8.41. The van der Waals surface area contributed by atoms with E-state index < -0.39 is 20.6 Å². The lowest BCUT2D eigenvalue weighted by atomic mass is 10.2. The van der Waals surface area contributed by atoms with E-state index in [-0.39, 0.29) is 16.0 Å². The number of nitro benzene ring substituents is 1. The van der Waals surface area contributed by atoms with Gasteiger partial charge in [0.25, 0.3) is 15.7 Å². The van der Waals surface area contributed by atoms with E-state index in [0.717, 1.165) is 18.9 Å². The maximum atomic E-state index is 12.6. The second kappa shape index (κ2) is 7.04. The van der Waals surface area contributed by atoms with Gasteiger partial charge in [-0.1, -0.05) is 11.6 Å². The fourth-order valence-electron chi connectivity index (χ4n) is 3.05. The van der Waals surface area contributed by atoms with Gasteiger partial charge in [0.15, 0.2) is 0 Å². The van der Waals surface area contributed by atoms with Gasteiger partial charge in [-0.05, 0) is 43.2 Å². The molecule has 3 aromatic rings. The summed E-state index contributed by atoms with van der Waals surface area (Å²) in [6, 6.07) is 8.19. The molecule has 146 valence electrons. The molecule has 1 unspecified atom stereocenters. The molecule has 0 bridgehead atoms. The zero-order valence-corrected chi connectivity index (χ0v) is 16.0. The summed E-state index contributed by atoms with van der Waals surface area (Å²) in [5.74, 6) is 0.709. The van der Waals surface area contributed by atoms with Crippen molar-refractivity contribution >= 4 is 44.0 Å². The molecule has 1 aliphatic heterocycles. The smallest absolute Gasteiger partial charge is 0.289 e. The Labute approximate surface area is 164 Å². The van der Waals surface area contributed by atoms with Crippen molar-refractivity contribution in [1.82, 2.24) is 9.97 Å². The molecule has 0 amide bonds. The average molecular weight is 423 g/mol. The minimum absolute atomic E-state index is 0.0813. The first kappa shape index (κ1) is 18.7. The zero-order valence-electron chi connectivity index (χ0n) is 14.4. The summed E-state index contributed by atoms with van der Waals surface area (Å²) in [4.78, 5) is 17.7. The van der Waals surface area contributed by atoms with Gasteiger partial charge < -0.3 is 9.72 Å². The number of halogens is 1. The molecule has 0 spiro atoms. The molecule has 28 heavy (non-hydrogen) atoms. The van der Waals surface area contributed by atoms with Gasteiger partial charge >= 0.3 is 0 Å². The van der Waals surface area contributed by atoms with Gasteiger partial charge in [-0.25, -0.2) is 13.4 Å². The van der Waals surface area contributed by atoms with Crippen molar-refractivity contribution in [2.75, 3.05) is 11.3 Å². The number of aromatic amines is 1. The predicted molar refractivity (Wildman–Crippen MR) is 103 cm³/mol. The Hall–Kier alpha value is -2.69. The fraction of sp³-hybridized carbons (Fsp3) is 0.235. The third-order valence-corrected chi connectivity index (χ3v) is 6.11. The van der Waals surface area contributed by atoms with Crippen LogP contribution in [0.4, 0.5) is 11.4 Å². The normalized spacial score (nSPS) is 17.1. The number of rotatable bonds is 5. The Morgan fingerprint density at radius 3 is 2.82 bits per heavy atom. The van der Waals surface area contributed by atoms with Crippen molar-refractivity contribution in [2.45, 2.75) is 23.8 Å². The molecule has 9 nitrogen and oxygen atoms in total. The van der Waals surface area contributed by atoms with Gasteiger partial charge in [-0.15, -0.1) is 0 Å². The van der Waals surface area contributed by atoms with Crippen LogP contribution in [-0.2, 0) is 14.8 Å². The van der Waals surface area contributed by atoms with E-state index in [1.54, 1.807) is 18.2 Å². The van der Waals surface area contributed by atoms with Crippen LogP contribution in [0.5, 0.6) is 0 Å². The van der Waals surface area contributed by atoms with E-state index >= 15 is 0 Å². The maximum absolute atomic E-state index is 12.6. The number of H-pyrrole nitrogens is 1. The Balaban J connectivity index is 1.63. The van der Waals surface area contributed by atoms with E-state index in [1.807, 2.05) is 0 Å². The fourth-order valence-corrected chi connectivity index (χ4v) is 4.31. The number of sulfonamides is 1. The van der Waals surface area contributed by atoms with Gasteiger partial charge in [0.2, 0.25) is 0 Å². The molecular formula is C17H15ClN4O5S. The van der Waals surface area contributed by atoms with Crippen LogP contribution in [0.2, 0.25) is 5.02 Å². The lowest BCUT2D eigenvalue weighted by Crippen LogP contribution is -2.13. The van der Waals surface area contributed by atoms with Crippen molar-refractivity contribution in [3.63, 3.8) is 0 Å².